The molecule has 0 unspecified atom stereocenters. The first-order valence-corrected chi connectivity index (χ1v) is 12.7. The Labute approximate surface area is 211 Å². The largest absolute Gasteiger partial charge is 0.350 e. The van der Waals surface area contributed by atoms with Gasteiger partial charge in [-0.1, -0.05) is 32.0 Å². The van der Waals surface area contributed by atoms with Crippen LogP contribution in [0.25, 0.3) is 28.0 Å². The van der Waals surface area contributed by atoms with Crippen molar-refractivity contribution < 1.29 is 0 Å². The first-order chi connectivity index (χ1) is 17.6. The second-order valence-electron chi connectivity index (χ2n) is 9.57. The van der Waals surface area contributed by atoms with Crippen molar-refractivity contribution >= 4 is 16.9 Å². The number of para-hydroxylation sites is 1. The average molecular weight is 478 g/mol. The lowest BCUT2D eigenvalue weighted by molar-refractivity contribution is 0.694. The van der Waals surface area contributed by atoms with Gasteiger partial charge in [-0.25, -0.2) is 14.6 Å². The van der Waals surface area contributed by atoms with Gasteiger partial charge in [0.15, 0.2) is 0 Å². The van der Waals surface area contributed by atoms with Gasteiger partial charge in [0.1, 0.15) is 0 Å². The number of pyridine rings is 1. The number of rotatable bonds is 5. The van der Waals surface area contributed by atoms with Crippen LogP contribution in [0.2, 0.25) is 0 Å². The molecule has 6 rings (SSSR count). The first kappa shape index (κ1) is 22.5. The summed E-state index contributed by atoms with van der Waals surface area (Å²) in [6.45, 7) is 7.99. The van der Waals surface area contributed by atoms with Gasteiger partial charge in [-0.3, -0.25) is 4.98 Å². The van der Waals surface area contributed by atoms with Gasteiger partial charge in [-0.15, -0.1) is 0 Å². The zero-order chi connectivity index (χ0) is 24.8. The van der Waals surface area contributed by atoms with Crippen LogP contribution in [-0.4, -0.2) is 35.8 Å². The number of fused-ring (bicyclic) bond motifs is 2. The van der Waals surface area contributed by atoms with Crippen molar-refractivity contribution in [3.8, 4) is 17.1 Å². The molecule has 0 bridgehead atoms. The summed E-state index contributed by atoms with van der Waals surface area (Å²) in [5, 5.41) is 6.41. The van der Waals surface area contributed by atoms with Crippen molar-refractivity contribution in [3.05, 3.63) is 83.1 Å². The Balaban J connectivity index is 1.61. The minimum absolute atomic E-state index is 0.703. The minimum Gasteiger partial charge on any atom is -0.350 e. The summed E-state index contributed by atoms with van der Waals surface area (Å²) >= 11 is 0. The molecule has 0 amide bonds. The van der Waals surface area contributed by atoms with Crippen molar-refractivity contribution in [2.24, 2.45) is 7.05 Å². The topological polar surface area (TPSA) is 64.7 Å². The molecule has 1 aliphatic heterocycles. The van der Waals surface area contributed by atoms with Crippen molar-refractivity contribution in [2.45, 2.75) is 46.6 Å². The second-order valence-corrected chi connectivity index (χ2v) is 9.57. The first-order valence-electron chi connectivity index (χ1n) is 12.7. The monoisotopic (exact) mass is 477 g/mol. The Morgan fingerprint density at radius 1 is 0.944 bits per heavy atom. The van der Waals surface area contributed by atoms with Gasteiger partial charge in [0.25, 0.3) is 0 Å². The molecule has 4 aromatic heterocycles. The molecule has 0 saturated carbocycles. The van der Waals surface area contributed by atoms with Gasteiger partial charge >= 0.3 is 0 Å². The minimum atomic E-state index is 0.703. The van der Waals surface area contributed by atoms with Gasteiger partial charge in [0, 0.05) is 62.3 Å². The molecular weight excluding hydrogens is 446 g/mol. The Morgan fingerprint density at radius 3 is 2.42 bits per heavy atom. The zero-order valence-corrected chi connectivity index (χ0v) is 21.4. The maximum absolute atomic E-state index is 5.27. The van der Waals surface area contributed by atoms with E-state index in [0.29, 0.717) is 6.54 Å². The molecule has 0 N–H and O–H groups in total. The van der Waals surface area contributed by atoms with Crippen LogP contribution in [-0.2, 0) is 32.9 Å². The number of hydrogen-bond acceptors (Lipinski definition) is 5. The molecule has 1 aliphatic rings. The van der Waals surface area contributed by atoms with Crippen molar-refractivity contribution in [2.75, 3.05) is 11.4 Å². The number of benzene rings is 1. The number of anilines is 1. The summed E-state index contributed by atoms with van der Waals surface area (Å²) in [7, 11) is 2.08. The zero-order valence-electron chi connectivity index (χ0n) is 21.4. The molecule has 7 heteroatoms. The molecule has 36 heavy (non-hydrogen) atoms. The highest BCUT2D eigenvalue weighted by atomic mass is 15.3. The second kappa shape index (κ2) is 8.90. The van der Waals surface area contributed by atoms with E-state index in [0.717, 1.165) is 65.3 Å². The van der Waals surface area contributed by atoms with Crippen LogP contribution in [0.4, 0.5) is 5.95 Å². The molecule has 0 atom stereocenters. The van der Waals surface area contributed by atoms with Crippen LogP contribution in [0.5, 0.6) is 0 Å². The summed E-state index contributed by atoms with van der Waals surface area (Å²) in [6.07, 6.45) is 10.5. The van der Waals surface area contributed by atoms with E-state index in [1.807, 2.05) is 25.5 Å². The number of nitrogens with zero attached hydrogens (tertiary/aromatic N) is 7. The van der Waals surface area contributed by atoms with E-state index in [4.69, 9.17) is 10.1 Å². The summed E-state index contributed by atoms with van der Waals surface area (Å²) in [5.74, 6) is 0.763. The number of aromatic nitrogens is 6. The van der Waals surface area contributed by atoms with E-state index in [1.165, 1.54) is 22.4 Å². The standard InChI is InChI=1S/C29H31N7/c1-5-20-8-7-9-21(6-2)27(20)36-28(26-22-11-14-34(4)25(22)10-13-30-26)23-18-35(15-12-24(23)33-36)29-31-16-19(3)17-32-29/h7-11,13-14,16-17H,5-6,12,15,18H2,1-4H3. The van der Waals surface area contributed by atoms with Gasteiger partial charge in [-0.05, 0) is 48.6 Å². The summed E-state index contributed by atoms with van der Waals surface area (Å²) in [5.41, 5.74) is 10.4. The lowest BCUT2D eigenvalue weighted by Gasteiger charge is -2.27. The lowest BCUT2D eigenvalue weighted by Crippen LogP contribution is -2.31. The molecule has 182 valence electrons. The van der Waals surface area contributed by atoms with Crippen LogP contribution in [0.3, 0.4) is 0 Å². The third-order valence-electron chi connectivity index (χ3n) is 7.30. The summed E-state index contributed by atoms with van der Waals surface area (Å²) in [6, 6.07) is 10.9. The van der Waals surface area contributed by atoms with Crippen LogP contribution in [0, 0.1) is 6.92 Å². The Kier molecular flexibility index (Phi) is 5.55. The predicted octanol–water partition coefficient (Wildman–Crippen LogP) is 5.21. The smallest absolute Gasteiger partial charge is 0.225 e. The molecule has 0 fully saturated rings. The molecule has 1 aromatic carbocycles. The summed E-state index contributed by atoms with van der Waals surface area (Å²) < 4.78 is 4.34. The SMILES string of the molecule is CCc1cccc(CC)c1-n1nc2c(c1-c1nccc3c1ccn3C)CN(c1ncc(C)cn1)CC2. The Morgan fingerprint density at radius 2 is 1.69 bits per heavy atom. The van der Waals surface area contributed by atoms with Gasteiger partial charge in [-0.2, -0.15) is 5.10 Å². The van der Waals surface area contributed by atoms with Crippen molar-refractivity contribution in [1.82, 2.24) is 29.3 Å². The average Bonchev–Trinajstić information content (AvgIpc) is 3.48. The molecule has 0 aliphatic carbocycles. The van der Waals surface area contributed by atoms with E-state index in [-0.39, 0.29) is 0 Å². The van der Waals surface area contributed by atoms with Gasteiger partial charge in [0.05, 0.1) is 28.3 Å². The lowest BCUT2D eigenvalue weighted by atomic mass is 10.00. The van der Waals surface area contributed by atoms with Crippen LogP contribution in [0.15, 0.2) is 55.1 Å². The third kappa shape index (κ3) is 3.58. The molecule has 0 spiro atoms. The van der Waals surface area contributed by atoms with E-state index in [2.05, 4.69) is 81.5 Å². The van der Waals surface area contributed by atoms with E-state index >= 15 is 0 Å². The normalized spacial score (nSPS) is 13.4. The summed E-state index contributed by atoms with van der Waals surface area (Å²) in [4.78, 5) is 16.5. The molecular formula is C29H31N7. The molecule has 0 saturated heterocycles. The molecule has 7 nitrogen and oxygen atoms in total. The van der Waals surface area contributed by atoms with Gasteiger partial charge < -0.3 is 9.47 Å². The van der Waals surface area contributed by atoms with Crippen molar-refractivity contribution in [1.29, 1.82) is 0 Å². The van der Waals surface area contributed by atoms with Crippen LogP contribution < -0.4 is 4.90 Å². The highest BCUT2D eigenvalue weighted by Gasteiger charge is 2.30. The maximum atomic E-state index is 5.27. The fourth-order valence-corrected chi connectivity index (χ4v) is 5.38. The highest BCUT2D eigenvalue weighted by molar-refractivity contribution is 5.93. The van der Waals surface area contributed by atoms with Gasteiger partial charge in [0.2, 0.25) is 5.95 Å². The number of hydrogen-bond donors (Lipinski definition) is 0. The van der Waals surface area contributed by atoms with Crippen LogP contribution in [0.1, 0.15) is 41.8 Å². The van der Waals surface area contributed by atoms with E-state index in [1.54, 1.807) is 0 Å². The quantitative estimate of drug-likeness (QED) is 0.348. The molecule has 0 radical (unpaired) electrons. The van der Waals surface area contributed by atoms with Crippen LogP contribution >= 0.6 is 0 Å². The fourth-order valence-electron chi connectivity index (χ4n) is 5.38. The Bertz CT molecular complexity index is 1540. The Hall–Kier alpha value is -4.00. The van der Waals surface area contributed by atoms with E-state index in [9.17, 15) is 0 Å². The predicted molar refractivity (Wildman–Crippen MR) is 144 cm³/mol. The van der Waals surface area contributed by atoms with E-state index < -0.39 is 0 Å². The fraction of sp³-hybridized carbons (Fsp3) is 0.310. The molecule has 5 heterocycles. The molecule has 5 aromatic rings. The third-order valence-corrected chi connectivity index (χ3v) is 7.30. The van der Waals surface area contributed by atoms with Crippen molar-refractivity contribution in [3.63, 3.8) is 0 Å². The maximum Gasteiger partial charge on any atom is 0.225 e. The number of aryl methyl sites for hydroxylation is 4. The highest BCUT2D eigenvalue weighted by Crippen LogP contribution is 2.37.